The van der Waals surface area contributed by atoms with E-state index in [1.807, 2.05) is 0 Å². The van der Waals surface area contributed by atoms with E-state index in [0.29, 0.717) is 38.5 Å². The molecule has 0 aromatic rings. The van der Waals surface area contributed by atoms with Crippen LogP contribution in [0.25, 0.3) is 0 Å². The predicted octanol–water partition coefficient (Wildman–Crippen LogP) is 0.794. The van der Waals surface area contributed by atoms with Crippen molar-refractivity contribution >= 4 is 12.3 Å². The Morgan fingerprint density at radius 2 is 1.82 bits per heavy atom. The highest BCUT2D eigenvalue weighted by Gasteiger charge is 2.71. The Hall–Kier alpha value is -1.40. The van der Waals surface area contributed by atoms with Crippen LogP contribution in [-0.4, -0.2) is 99.3 Å². The average Bonchev–Trinajstić information content (AvgIpc) is 3.43. The van der Waals surface area contributed by atoms with Gasteiger partial charge in [0, 0.05) is 24.3 Å². The number of rotatable bonds is 5. The van der Waals surface area contributed by atoms with Gasteiger partial charge in [0.05, 0.1) is 48.1 Å². The molecule has 12 atom stereocenters. The Balaban J connectivity index is 1.20. The quantitative estimate of drug-likeness (QED) is 0.238. The third-order valence-corrected chi connectivity index (χ3v) is 12.2. The van der Waals surface area contributed by atoms with E-state index in [2.05, 4.69) is 6.92 Å². The fourth-order valence-electron chi connectivity index (χ4n) is 10.0. The fraction of sp³-hybridized carbons (Fsp3) is 0.867. The molecule has 6 rings (SSSR count). The first-order chi connectivity index (χ1) is 19.0. The summed E-state index contributed by atoms with van der Waals surface area (Å²) in [7, 11) is 0. The van der Waals surface area contributed by atoms with Crippen molar-refractivity contribution in [3.05, 3.63) is 11.6 Å². The van der Waals surface area contributed by atoms with Gasteiger partial charge in [-0.25, -0.2) is 4.79 Å². The van der Waals surface area contributed by atoms with Crippen LogP contribution in [-0.2, 0) is 23.8 Å². The van der Waals surface area contributed by atoms with Crippen LogP contribution in [0.2, 0.25) is 0 Å². The van der Waals surface area contributed by atoms with E-state index in [1.165, 1.54) is 0 Å². The minimum atomic E-state index is -1.27. The molecular weight excluding hydrogens is 520 g/mol. The van der Waals surface area contributed by atoms with Crippen LogP contribution in [0.15, 0.2) is 11.6 Å². The number of esters is 1. The zero-order valence-corrected chi connectivity index (χ0v) is 23.2. The normalized spacial score (nSPS) is 52.5. The third kappa shape index (κ3) is 4.08. The summed E-state index contributed by atoms with van der Waals surface area (Å²) in [5.74, 6) is -0.539. The molecule has 2 aliphatic heterocycles. The van der Waals surface area contributed by atoms with E-state index < -0.39 is 53.1 Å². The highest BCUT2D eigenvalue weighted by atomic mass is 16.6. The van der Waals surface area contributed by atoms with Gasteiger partial charge in [-0.3, -0.25) is 0 Å². The summed E-state index contributed by atoms with van der Waals surface area (Å²) in [4.78, 5) is 24.8. The molecule has 224 valence electrons. The maximum atomic E-state index is 13.0. The predicted molar refractivity (Wildman–Crippen MR) is 140 cm³/mol. The number of aldehydes is 1. The monoisotopic (exact) mass is 564 g/mol. The van der Waals surface area contributed by atoms with Crippen molar-refractivity contribution in [3.8, 4) is 0 Å². The molecule has 0 spiro atoms. The van der Waals surface area contributed by atoms with Gasteiger partial charge in [0.2, 0.25) is 0 Å². The summed E-state index contributed by atoms with van der Waals surface area (Å²) in [6.07, 6.45) is 3.71. The van der Waals surface area contributed by atoms with Gasteiger partial charge in [0.25, 0.3) is 0 Å². The second kappa shape index (κ2) is 10.1. The largest absolute Gasteiger partial charge is 0.458 e. The van der Waals surface area contributed by atoms with Crippen molar-refractivity contribution in [1.29, 1.82) is 0 Å². The van der Waals surface area contributed by atoms with E-state index in [0.717, 1.165) is 24.7 Å². The Labute approximate surface area is 234 Å². The summed E-state index contributed by atoms with van der Waals surface area (Å²) in [6, 6.07) is 0. The number of cyclic esters (lactones) is 1. The molecular formula is C30H44O10. The number of ether oxygens (including phenoxy) is 3. The lowest BCUT2D eigenvalue weighted by Gasteiger charge is -2.65. The molecule has 1 saturated heterocycles. The number of aliphatic hydroxyl groups is 5. The van der Waals surface area contributed by atoms with Crippen LogP contribution in [0.3, 0.4) is 0 Å². The second-order valence-corrected chi connectivity index (χ2v) is 13.7. The van der Waals surface area contributed by atoms with Crippen molar-refractivity contribution < 1.29 is 49.3 Å². The van der Waals surface area contributed by atoms with Crippen molar-refractivity contribution in [2.24, 2.45) is 28.6 Å². The number of aliphatic hydroxyl groups excluding tert-OH is 3. The summed E-state index contributed by atoms with van der Waals surface area (Å²) < 4.78 is 17.1. The highest BCUT2D eigenvalue weighted by Crippen LogP contribution is 2.70. The number of hydrogen-bond donors (Lipinski definition) is 5. The van der Waals surface area contributed by atoms with Gasteiger partial charge in [-0.1, -0.05) is 6.92 Å². The van der Waals surface area contributed by atoms with E-state index in [9.17, 15) is 35.1 Å². The highest BCUT2D eigenvalue weighted by molar-refractivity contribution is 5.85. The lowest BCUT2D eigenvalue weighted by atomic mass is 9.41. The summed E-state index contributed by atoms with van der Waals surface area (Å²) in [5, 5.41) is 54.5. The van der Waals surface area contributed by atoms with Crippen molar-refractivity contribution in [2.45, 2.75) is 113 Å². The second-order valence-electron chi connectivity index (χ2n) is 13.7. The maximum absolute atomic E-state index is 13.0. The van der Waals surface area contributed by atoms with Gasteiger partial charge in [0.15, 0.2) is 0 Å². The Morgan fingerprint density at radius 1 is 1.05 bits per heavy atom. The average molecular weight is 565 g/mol. The van der Waals surface area contributed by atoms with Crippen LogP contribution < -0.4 is 0 Å². The molecule has 6 aliphatic rings. The lowest BCUT2D eigenvalue weighted by molar-refractivity contribution is -0.253. The molecule has 0 aromatic carbocycles. The van der Waals surface area contributed by atoms with Crippen LogP contribution in [0.1, 0.15) is 71.1 Å². The van der Waals surface area contributed by atoms with Crippen LogP contribution in [0.5, 0.6) is 0 Å². The number of carbonyl (C=O) groups excluding carboxylic acids is 2. The standard InChI is InChI=1S/C30H44O10/c1-27-6-3-21-22(30(27,37)9-5-20(27)17-10-25(34)39-14-17)4-8-29(36)12-18(2-7-28(21,29)16-32)40-19-11-23(33)26(35)24(13-31)38-15-19/h10,16,18-24,26,31,33,35-37H,2-9,11-15H2,1H3. The minimum absolute atomic E-state index is 0.0584. The Morgan fingerprint density at radius 3 is 2.52 bits per heavy atom. The molecule has 0 bridgehead atoms. The van der Waals surface area contributed by atoms with Gasteiger partial charge in [0.1, 0.15) is 25.1 Å². The van der Waals surface area contributed by atoms with E-state index in [-0.39, 0.29) is 55.9 Å². The lowest BCUT2D eigenvalue weighted by Crippen LogP contribution is -2.69. The number of hydrogen-bond acceptors (Lipinski definition) is 10. The van der Waals surface area contributed by atoms with Gasteiger partial charge < -0.3 is 44.5 Å². The third-order valence-electron chi connectivity index (χ3n) is 12.2. The first kappa shape index (κ1) is 28.7. The SMILES string of the molecule is CC12CCC3C(CCC4(O)CC(OC5COC(CO)C(O)C(O)C5)CCC34C=O)C1(O)CCC2C1=CC(=O)OC1. The zero-order chi connectivity index (χ0) is 28.5. The summed E-state index contributed by atoms with van der Waals surface area (Å²) in [6.45, 7) is 2.11. The minimum Gasteiger partial charge on any atom is -0.458 e. The van der Waals surface area contributed by atoms with E-state index in [1.54, 1.807) is 6.08 Å². The molecule has 2 heterocycles. The first-order valence-corrected chi connectivity index (χ1v) is 15.0. The molecule has 10 nitrogen and oxygen atoms in total. The summed E-state index contributed by atoms with van der Waals surface area (Å²) >= 11 is 0. The first-order valence-electron chi connectivity index (χ1n) is 15.0. The van der Waals surface area contributed by atoms with Gasteiger partial charge in [-0.15, -0.1) is 0 Å². The van der Waals surface area contributed by atoms with Gasteiger partial charge in [-0.2, -0.15) is 0 Å². The number of fused-ring (bicyclic) bond motifs is 5. The maximum Gasteiger partial charge on any atom is 0.331 e. The van der Waals surface area contributed by atoms with Gasteiger partial charge >= 0.3 is 5.97 Å². The van der Waals surface area contributed by atoms with Crippen molar-refractivity contribution in [3.63, 3.8) is 0 Å². The molecule has 40 heavy (non-hydrogen) atoms. The van der Waals surface area contributed by atoms with Gasteiger partial charge in [-0.05, 0) is 74.7 Å². The smallest absolute Gasteiger partial charge is 0.331 e. The molecule has 5 N–H and O–H groups in total. The Kier molecular flexibility index (Phi) is 7.25. The zero-order valence-electron chi connectivity index (χ0n) is 23.2. The van der Waals surface area contributed by atoms with E-state index in [4.69, 9.17) is 14.2 Å². The molecule has 4 aliphatic carbocycles. The fourth-order valence-corrected chi connectivity index (χ4v) is 10.0. The van der Waals surface area contributed by atoms with E-state index >= 15 is 0 Å². The molecule has 12 unspecified atom stereocenters. The Bertz CT molecular complexity index is 1050. The van der Waals surface area contributed by atoms with Crippen LogP contribution >= 0.6 is 0 Å². The van der Waals surface area contributed by atoms with Crippen molar-refractivity contribution in [1.82, 2.24) is 0 Å². The number of carbonyl (C=O) groups is 2. The van der Waals surface area contributed by atoms with Crippen LogP contribution in [0.4, 0.5) is 0 Å². The molecule has 10 heteroatoms. The van der Waals surface area contributed by atoms with Crippen LogP contribution in [0, 0.1) is 28.6 Å². The summed E-state index contributed by atoms with van der Waals surface area (Å²) in [5.41, 5.74) is -2.70. The van der Waals surface area contributed by atoms with Crippen molar-refractivity contribution in [2.75, 3.05) is 19.8 Å². The molecule has 0 aromatic heterocycles. The molecule has 0 amide bonds. The molecule has 4 saturated carbocycles. The molecule has 5 fully saturated rings. The molecule has 0 radical (unpaired) electrons. The topological polar surface area (TPSA) is 163 Å².